The molecule has 1 amide bonds. The summed E-state index contributed by atoms with van der Waals surface area (Å²) in [5, 5.41) is 4.95. The summed E-state index contributed by atoms with van der Waals surface area (Å²) in [4.78, 5) is 28.5. The van der Waals surface area contributed by atoms with Gasteiger partial charge in [-0.15, -0.1) is 11.3 Å². The Hall–Kier alpha value is -2.00. The van der Waals surface area contributed by atoms with E-state index in [0.29, 0.717) is 5.75 Å². The quantitative estimate of drug-likeness (QED) is 0.426. The number of carbonyl (C=O) groups is 1. The number of hydrogen-bond acceptors (Lipinski definition) is 7. The lowest BCUT2D eigenvalue weighted by Crippen LogP contribution is -2.45. The molecular formula is C23H29N5OS2. The maximum absolute atomic E-state index is 12.5. The standard InChI is InChI=1S/C23H29N5OS2/c1-4-27-9-11-28(12-10-27)13-18-5-7-19(8-6-18)26-20(29)14-30-22-21-16(2)17(3)31-23(21)25-15-24-22/h5-8,15H,4,9-14H2,1-3H3,(H,26,29). The first-order valence-electron chi connectivity index (χ1n) is 10.7. The van der Waals surface area contributed by atoms with Crippen LogP contribution in [0.5, 0.6) is 0 Å². The number of aryl methyl sites for hydroxylation is 2. The summed E-state index contributed by atoms with van der Waals surface area (Å²) in [5.41, 5.74) is 3.32. The Morgan fingerprint density at radius 3 is 2.52 bits per heavy atom. The number of hydrogen-bond donors (Lipinski definition) is 1. The Labute approximate surface area is 192 Å². The number of thioether (sulfide) groups is 1. The molecule has 3 aromatic rings. The molecule has 8 heteroatoms. The Balaban J connectivity index is 1.29. The van der Waals surface area contributed by atoms with Gasteiger partial charge >= 0.3 is 0 Å². The minimum absolute atomic E-state index is 0.0233. The number of fused-ring (bicyclic) bond motifs is 1. The van der Waals surface area contributed by atoms with Crippen molar-refractivity contribution in [2.45, 2.75) is 32.3 Å². The number of nitrogens with one attached hydrogen (secondary N) is 1. The van der Waals surface area contributed by atoms with Gasteiger partial charge in [-0.3, -0.25) is 9.69 Å². The molecule has 31 heavy (non-hydrogen) atoms. The average molecular weight is 456 g/mol. The van der Waals surface area contributed by atoms with E-state index in [-0.39, 0.29) is 5.91 Å². The second kappa shape index (κ2) is 10.1. The maximum atomic E-state index is 12.5. The highest BCUT2D eigenvalue weighted by atomic mass is 32.2. The highest BCUT2D eigenvalue weighted by Crippen LogP contribution is 2.34. The minimum Gasteiger partial charge on any atom is -0.325 e. The topological polar surface area (TPSA) is 61.4 Å². The van der Waals surface area contributed by atoms with Crippen molar-refractivity contribution in [3.8, 4) is 0 Å². The third-order valence-electron chi connectivity index (χ3n) is 5.83. The molecule has 1 saturated heterocycles. The molecular weight excluding hydrogens is 426 g/mol. The van der Waals surface area contributed by atoms with E-state index >= 15 is 0 Å². The van der Waals surface area contributed by atoms with Crippen molar-refractivity contribution in [1.29, 1.82) is 0 Å². The number of aromatic nitrogens is 2. The number of amides is 1. The third-order valence-corrected chi connectivity index (χ3v) is 7.93. The predicted octanol–water partition coefficient (Wildman–Crippen LogP) is 4.18. The summed E-state index contributed by atoms with van der Waals surface area (Å²) in [6.07, 6.45) is 1.58. The molecule has 0 unspecified atom stereocenters. The summed E-state index contributed by atoms with van der Waals surface area (Å²) in [5.74, 6) is 0.300. The Morgan fingerprint density at radius 1 is 1.10 bits per heavy atom. The molecule has 0 aliphatic carbocycles. The number of likely N-dealkylation sites (N-methyl/N-ethyl adjacent to an activating group) is 1. The third kappa shape index (κ3) is 5.44. The summed E-state index contributed by atoms with van der Waals surface area (Å²) in [6.45, 7) is 13.0. The maximum Gasteiger partial charge on any atom is 0.234 e. The van der Waals surface area contributed by atoms with Crippen LogP contribution >= 0.6 is 23.1 Å². The van der Waals surface area contributed by atoms with Crippen molar-refractivity contribution < 1.29 is 4.79 Å². The van der Waals surface area contributed by atoms with E-state index in [4.69, 9.17) is 0 Å². The fourth-order valence-electron chi connectivity index (χ4n) is 3.81. The number of carbonyl (C=O) groups excluding carboxylic acids is 1. The van der Waals surface area contributed by atoms with Crippen molar-refractivity contribution in [1.82, 2.24) is 19.8 Å². The molecule has 0 spiro atoms. The molecule has 2 aromatic heterocycles. The van der Waals surface area contributed by atoms with Gasteiger partial charge in [-0.25, -0.2) is 9.97 Å². The molecule has 1 aliphatic heterocycles. The molecule has 0 radical (unpaired) electrons. The van der Waals surface area contributed by atoms with Crippen LogP contribution in [0.15, 0.2) is 35.6 Å². The van der Waals surface area contributed by atoms with Crippen LogP contribution < -0.4 is 5.32 Å². The van der Waals surface area contributed by atoms with Crippen LogP contribution in [0.2, 0.25) is 0 Å². The molecule has 0 bridgehead atoms. The van der Waals surface area contributed by atoms with E-state index < -0.39 is 0 Å². The Bertz CT molecular complexity index is 1040. The number of thiophene rings is 1. The lowest BCUT2D eigenvalue weighted by Gasteiger charge is -2.34. The average Bonchev–Trinajstić information content (AvgIpc) is 3.08. The minimum atomic E-state index is -0.0233. The fraction of sp³-hybridized carbons (Fsp3) is 0.435. The Kier molecular flexibility index (Phi) is 7.22. The molecule has 4 rings (SSSR count). The van der Waals surface area contributed by atoms with Crippen LogP contribution in [0.25, 0.3) is 10.2 Å². The molecule has 1 aliphatic rings. The Morgan fingerprint density at radius 2 is 1.81 bits per heavy atom. The van der Waals surface area contributed by atoms with E-state index in [9.17, 15) is 4.79 Å². The molecule has 164 valence electrons. The van der Waals surface area contributed by atoms with Crippen LogP contribution in [0.3, 0.4) is 0 Å². The van der Waals surface area contributed by atoms with Crippen LogP contribution in [0.1, 0.15) is 22.9 Å². The fourth-order valence-corrected chi connectivity index (χ4v) is 5.72. The molecule has 3 heterocycles. The van der Waals surface area contributed by atoms with Gasteiger partial charge in [0.1, 0.15) is 16.2 Å². The van der Waals surface area contributed by atoms with Gasteiger partial charge in [-0.2, -0.15) is 0 Å². The van der Waals surface area contributed by atoms with Crippen LogP contribution in [-0.4, -0.2) is 64.2 Å². The number of anilines is 1. The second-order valence-electron chi connectivity index (χ2n) is 7.89. The van der Waals surface area contributed by atoms with Crippen LogP contribution in [-0.2, 0) is 11.3 Å². The van der Waals surface area contributed by atoms with Crippen LogP contribution in [0.4, 0.5) is 5.69 Å². The number of rotatable bonds is 7. The van der Waals surface area contributed by atoms with E-state index in [1.165, 1.54) is 27.8 Å². The van der Waals surface area contributed by atoms with E-state index in [2.05, 4.69) is 58.0 Å². The summed E-state index contributed by atoms with van der Waals surface area (Å²) >= 11 is 3.14. The first kappa shape index (κ1) is 22.2. The zero-order valence-electron chi connectivity index (χ0n) is 18.4. The summed E-state index contributed by atoms with van der Waals surface area (Å²) in [7, 11) is 0. The van der Waals surface area contributed by atoms with Gasteiger partial charge in [0.15, 0.2) is 0 Å². The highest BCUT2D eigenvalue weighted by Gasteiger charge is 2.16. The molecule has 1 fully saturated rings. The number of benzene rings is 1. The molecule has 0 atom stereocenters. The van der Waals surface area contributed by atoms with Gasteiger partial charge in [0.05, 0.1) is 5.75 Å². The van der Waals surface area contributed by atoms with Gasteiger partial charge in [-0.05, 0) is 43.7 Å². The van der Waals surface area contributed by atoms with Gasteiger partial charge in [0.2, 0.25) is 5.91 Å². The highest BCUT2D eigenvalue weighted by molar-refractivity contribution is 8.00. The van der Waals surface area contributed by atoms with Crippen molar-refractivity contribution in [2.75, 3.05) is 43.8 Å². The summed E-state index contributed by atoms with van der Waals surface area (Å²) in [6, 6.07) is 8.21. The smallest absolute Gasteiger partial charge is 0.234 e. The van der Waals surface area contributed by atoms with Crippen molar-refractivity contribution in [3.05, 3.63) is 46.6 Å². The van der Waals surface area contributed by atoms with Crippen molar-refractivity contribution >= 4 is 44.9 Å². The monoisotopic (exact) mass is 455 g/mol. The zero-order valence-corrected chi connectivity index (χ0v) is 20.0. The van der Waals surface area contributed by atoms with Gasteiger partial charge in [0, 0.05) is 48.7 Å². The molecule has 1 N–H and O–H groups in total. The lowest BCUT2D eigenvalue weighted by atomic mass is 10.1. The van der Waals surface area contributed by atoms with E-state index in [1.54, 1.807) is 17.7 Å². The summed E-state index contributed by atoms with van der Waals surface area (Å²) < 4.78 is 0. The first-order valence-corrected chi connectivity index (χ1v) is 12.5. The van der Waals surface area contributed by atoms with Gasteiger partial charge in [0.25, 0.3) is 0 Å². The number of piperazine rings is 1. The first-order chi connectivity index (χ1) is 15.0. The van der Waals surface area contributed by atoms with E-state index in [0.717, 1.165) is 60.2 Å². The lowest BCUT2D eigenvalue weighted by molar-refractivity contribution is -0.113. The van der Waals surface area contributed by atoms with E-state index in [1.807, 2.05) is 12.1 Å². The molecule has 0 saturated carbocycles. The zero-order chi connectivity index (χ0) is 21.8. The normalized spacial score (nSPS) is 15.5. The van der Waals surface area contributed by atoms with Crippen molar-refractivity contribution in [3.63, 3.8) is 0 Å². The van der Waals surface area contributed by atoms with Gasteiger partial charge in [-0.1, -0.05) is 30.8 Å². The van der Waals surface area contributed by atoms with Crippen molar-refractivity contribution in [2.24, 2.45) is 0 Å². The van der Waals surface area contributed by atoms with Crippen LogP contribution in [0, 0.1) is 13.8 Å². The largest absolute Gasteiger partial charge is 0.325 e. The SMILES string of the molecule is CCN1CCN(Cc2ccc(NC(=O)CSc3ncnc4sc(C)c(C)c34)cc2)CC1. The number of nitrogens with zero attached hydrogens (tertiary/aromatic N) is 4. The second-order valence-corrected chi connectivity index (χ2v) is 10.1. The predicted molar refractivity (Wildman–Crippen MR) is 130 cm³/mol. The molecule has 6 nitrogen and oxygen atoms in total. The van der Waals surface area contributed by atoms with Gasteiger partial charge < -0.3 is 10.2 Å². The molecule has 1 aromatic carbocycles.